The van der Waals surface area contributed by atoms with Crippen LogP contribution < -0.4 is 4.90 Å². The van der Waals surface area contributed by atoms with Crippen LogP contribution >= 0.6 is 11.3 Å². The molecule has 14 rings (SSSR count). The zero-order valence-corrected chi connectivity index (χ0v) is 38.9. The van der Waals surface area contributed by atoms with Gasteiger partial charge in [0.1, 0.15) is 11.2 Å². The van der Waals surface area contributed by atoms with Gasteiger partial charge < -0.3 is 9.32 Å². The Morgan fingerprint density at radius 2 is 0.943 bits per heavy atom. The third-order valence-electron chi connectivity index (χ3n) is 14.6. The molecule has 2 heterocycles. The van der Waals surface area contributed by atoms with Gasteiger partial charge >= 0.3 is 0 Å². The molecular weight excluding hydrogens is 867 g/mol. The van der Waals surface area contributed by atoms with Gasteiger partial charge in [-0.2, -0.15) is 0 Å². The second-order valence-corrected chi connectivity index (χ2v) is 19.4. The summed E-state index contributed by atoms with van der Waals surface area (Å²) in [4.78, 5) is 2.48. The first-order valence-corrected chi connectivity index (χ1v) is 24.8. The third kappa shape index (κ3) is 6.19. The minimum absolute atomic E-state index is 0.531. The fraction of sp³-hybridized carbons (Fsp3) is 0.0149. The van der Waals surface area contributed by atoms with Crippen LogP contribution in [0.15, 0.2) is 265 Å². The second-order valence-electron chi connectivity index (χ2n) is 18.3. The number of thiophene rings is 1. The summed E-state index contributed by atoms with van der Waals surface area (Å²) in [5.74, 6) is 0. The van der Waals surface area contributed by atoms with Gasteiger partial charge in [-0.3, -0.25) is 0 Å². The molecule has 2 nitrogen and oxygen atoms in total. The molecule has 0 radical (unpaired) electrons. The Kier molecular flexibility index (Phi) is 9.33. The summed E-state index contributed by atoms with van der Waals surface area (Å²) in [7, 11) is 0. The first-order chi connectivity index (χ1) is 34.7. The van der Waals surface area contributed by atoms with E-state index >= 15 is 0 Å². The van der Waals surface area contributed by atoms with Gasteiger partial charge in [0.15, 0.2) is 0 Å². The van der Waals surface area contributed by atoms with Crippen LogP contribution in [0.3, 0.4) is 0 Å². The lowest BCUT2D eigenvalue weighted by molar-refractivity contribution is 0.670. The van der Waals surface area contributed by atoms with Gasteiger partial charge in [-0.05, 0) is 104 Å². The second kappa shape index (κ2) is 16.2. The highest BCUT2D eigenvalue weighted by Crippen LogP contribution is 2.59. The van der Waals surface area contributed by atoms with E-state index in [9.17, 15) is 0 Å². The van der Waals surface area contributed by atoms with Gasteiger partial charge in [-0.25, -0.2) is 0 Å². The van der Waals surface area contributed by atoms with E-state index in [-0.39, 0.29) is 0 Å². The Morgan fingerprint density at radius 1 is 0.357 bits per heavy atom. The number of anilines is 3. The Morgan fingerprint density at radius 3 is 1.76 bits per heavy atom. The van der Waals surface area contributed by atoms with Crippen molar-refractivity contribution in [3.63, 3.8) is 0 Å². The fourth-order valence-corrected chi connectivity index (χ4v) is 12.8. The first-order valence-electron chi connectivity index (χ1n) is 24.0. The van der Waals surface area contributed by atoms with Crippen LogP contribution in [-0.4, -0.2) is 0 Å². The van der Waals surface area contributed by atoms with E-state index in [1.54, 1.807) is 0 Å². The molecule has 3 heteroatoms. The summed E-state index contributed by atoms with van der Waals surface area (Å²) < 4.78 is 9.10. The Hall–Kier alpha value is -8.76. The van der Waals surface area contributed by atoms with Crippen molar-refractivity contribution in [1.29, 1.82) is 0 Å². The number of para-hydroxylation sites is 2. The minimum atomic E-state index is -0.531. The van der Waals surface area contributed by atoms with E-state index in [1.165, 1.54) is 64.7 Å². The monoisotopic (exact) mass is 909 g/mol. The quantitative estimate of drug-likeness (QED) is 0.151. The molecule has 0 saturated carbocycles. The average molecular weight is 910 g/mol. The molecule has 0 spiro atoms. The van der Waals surface area contributed by atoms with Gasteiger partial charge in [-0.1, -0.05) is 212 Å². The zero-order chi connectivity index (χ0) is 46.2. The van der Waals surface area contributed by atoms with Crippen molar-refractivity contribution < 1.29 is 4.42 Å². The van der Waals surface area contributed by atoms with Gasteiger partial charge in [0.25, 0.3) is 0 Å². The predicted octanol–water partition coefficient (Wildman–Crippen LogP) is 18.8. The van der Waals surface area contributed by atoms with E-state index in [4.69, 9.17) is 4.42 Å². The Bertz CT molecular complexity index is 4090. The maximum Gasteiger partial charge on any atom is 0.143 e. The van der Waals surface area contributed by atoms with Crippen LogP contribution in [0.2, 0.25) is 0 Å². The van der Waals surface area contributed by atoms with Gasteiger partial charge in [-0.15, -0.1) is 11.3 Å². The molecule has 0 saturated heterocycles. The molecule has 1 aliphatic carbocycles. The van der Waals surface area contributed by atoms with Gasteiger partial charge in [0.05, 0.1) is 11.1 Å². The van der Waals surface area contributed by atoms with Crippen LogP contribution in [-0.2, 0) is 5.41 Å². The standard InChI is InChI=1S/C67H43NOS/c1-3-21-48(22-4-1)67(49-23-5-2-6-24-49)59-33-10-7-28-58(59)64-60(67)34-17-35-61(64)68(51-25-14-20-47(43-51)53-30-16-32-57-55-27-9-12-37-63(55)70-66(53)57)50-40-38-44(39-41-50)45-18-13-19-46(42-45)52-29-15-31-56-54-26-8-11-36-62(54)69-65(52)56/h1-43H. The topological polar surface area (TPSA) is 16.4 Å². The molecule has 2 aromatic heterocycles. The molecule has 70 heavy (non-hydrogen) atoms. The normalized spacial score (nSPS) is 12.7. The summed E-state index contributed by atoms with van der Waals surface area (Å²) in [6.45, 7) is 0. The predicted molar refractivity (Wildman–Crippen MR) is 295 cm³/mol. The fourth-order valence-electron chi connectivity index (χ4n) is 11.5. The third-order valence-corrected chi connectivity index (χ3v) is 15.8. The molecule has 11 aromatic carbocycles. The average Bonchev–Trinajstić information content (AvgIpc) is 4.11. The van der Waals surface area contributed by atoms with Crippen LogP contribution in [0, 0.1) is 0 Å². The maximum absolute atomic E-state index is 6.49. The first kappa shape index (κ1) is 40.3. The Balaban J connectivity index is 0.957. The summed E-state index contributed by atoms with van der Waals surface area (Å²) >= 11 is 1.88. The van der Waals surface area contributed by atoms with Crippen LogP contribution in [0.5, 0.6) is 0 Å². The summed E-state index contributed by atoms with van der Waals surface area (Å²) in [6, 6.07) is 95.6. The largest absolute Gasteiger partial charge is 0.455 e. The van der Waals surface area contributed by atoms with Gasteiger partial charge in [0, 0.05) is 53.4 Å². The molecule has 1 aliphatic rings. The molecule has 0 atom stereocenters. The highest BCUT2D eigenvalue weighted by atomic mass is 32.1. The van der Waals surface area contributed by atoms with Crippen molar-refractivity contribution >= 4 is 70.5 Å². The molecule has 0 amide bonds. The lowest BCUT2D eigenvalue weighted by atomic mass is 9.68. The number of furan rings is 1. The zero-order valence-electron chi connectivity index (χ0n) is 38.1. The van der Waals surface area contributed by atoms with E-state index in [2.05, 4.69) is 254 Å². The Labute approximate surface area is 410 Å². The van der Waals surface area contributed by atoms with Crippen molar-refractivity contribution in [1.82, 2.24) is 0 Å². The highest BCUT2D eigenvalue weighted by molar-refractivity contribution is 7.26. The van der Waals surface area contributed by atoms with E-state index < -0.39 is 5.41 Å². The molecule has 0 N–H and O–H groups in total. The summed E-state index contributed by atoms with van der Waals surface area (Å²) in [5, 5.41) is 4.87. The molecule has 13 aromatic rings. The van der Waals surface area contributed by atoms with Crippen molar-refractivity contribution in [3.8, 4) is 44.5 Å². The number of fused-ring (bicyclic) bond motifs is 9. The van der Waals surface area contributed by atoms with Crippen molar-refractivity contribution in [2.45, 2.75) is 5.41 Å². The summed E-state index contributed by atoms with van der Waals surface area (Å²) in [6.07, 6.45) is 0. The van der Waals surface area contributed by atoms with Crippen molar-refractivity contribution in [2.75, 3.05) is 4.90 Å². The molecular formula is C67H43NOS. The minimum Gasteiger partial charge on any atom is -0.455 e. The lowest BCUT2D eigenvalue weighted by Crippen LogP contribution is -2.28. The molecule has 0 aliphatic heterocycles. The molecule has 0 fully saturated rings. The van der Waals surface area contributed by atoms with E-state index in [1.807, 2.05) is 23.5 Å². The number of benzene rings is 11. The van der Waals surface area contributed by atoms with Crippen molar-refractivity contribution in [3.05, 3.63) is 283 Å². The van der Waals surface area contributed by atoms with Gasteiger partial charge in [0.2, 0.25) is 0 Å². The number of rotatable bonds is 8. The molecule has 0 bridgehead atoms. The SMILES string of the molecule is c1ccc(C2(c3ccccc3)c3ccccc3-c3c(N(c4ccc(-c5cccc(-c6cccc7c6oc6ccccc67)c5)cc4)c4cccc(-c5cccc6c5sc5ccccc56)c4)cccc32)cc1. The number of nitrogens with zero attached hydrogens (tertiary/aromatic N) is 1. The smallest absolute Gasteiger partial charge is 0.143 e. The van der Waals surface area contributed by atoms with Crippen LogP contribution in [0.4, 0.5) is 17.1 Å². The van der Waals surface area contributed by atoms with Crippen molar-refractivity contribution in [2.24, 2.45) is 0 Å². The van der Waals surface area contributed by atoms with Crippen LogP contribution in [0.1, 0.15) is 22.3 Å². The molecule has 0 unspecified atom stereocenters. The summed E-state index contributed by atoms with van der Waals surface area (Å²) in [5.41, 5.74) is 19.0. The molecule has 328 valence electrons. The highest BCUT2D eigenvalue weighted by Gasteiger charge is 2.47. The maximum atomic E-state index is 6.49. The lowest BCUT2D eigenvalue weighted by Gasteiger charge is -2.34. The number of hydrogen-bond acceptors (Lipinski definition) is 3. The van der Waals surface area contributed by atoms with E-state index in [0.29, 0.717) is 0 Å². The number of hydrogen-bond donors (Lipinski definition) is 0. The van der Waals surface area contributed by atoms with E-state index in [0.717, 1.165) is 61.3 Å². The van der Waals surface area contributed by atoms with Crippen LogP contribution in [0.25, 0.3) is 86.6 Å².